The fourth-order valence-corrected chi connectivity index (χ4v) is 3.46. The number of benzene rings is 1. The number of nitrogens with two attached hydrogens (primary N) is 1. The molecule has 0 spiro atoms. The molecule has 1 amide bonds. The topological polar surface area (TPSA) is 105 Å². The molecule has 0 aliphatic carbocycles. The van der Waals surface area contributed by atoms with Crippen LogP contribution in [0.25, 0.3) is 11.6 Å². The minimum absolute atomic E-state index is 0.0408. The smallest absolute Gasteiger partial charge is 0.387 e. The number of rotatable bonds is 10. The number of aromatic nitrogens is 3. The van der Waals surface area contributed by atoms with Gasteiger partial charge in [-0.15, -0.1) is 10.2 Å². The van der Waals surface area contributed by atoms with Gasteiger partial charge in [0, 0.05) is 18.7 Å². The zero-order chi connectivity index (χ0) is 20.8. The third kappa shape index (κ3) is 5.25. The predicted octanol–water partition coefficient (Wildman–Crippen LogP) is 3.32. The van der Waals surface area contributed by atoms with Crippen molar-refractivity contribution in [3.05, 3.63) is 42.2 Å². The highest BCUT2D eigenvalue weighted by Gasteiger charge is 2.17. The lowest BCUT2D eigenvalue weighted by atomic mass is 10.2. The second-order valence-electron chi connectivity index (χ2n) is 5.80. The molecule has 0 fully saturated rings. The Morgan fingerprint density at radius 1 is 1.31 bits per heavy atom. The first-order chi connectivity index (χ1) is 14.0. The van der Waals surface area contributed by atoms with Gasteiger partial charge in [0.1, 0.15) is 0 Å². The molecule has 1 aromatic carbocycles. The Hall–Kier alpha value is -3.08. The van der Waals surface area contributed by atoms with E-state index in [-0.39, 0.29) is 17.9 Å². The van der Waals surface area contributed by atoms with Crippen LogP contribution in [0.4, 0.5) is 8.78 Å². The van der Waals surface area contributed by atoms with Gasteiger partial charge in [0.25, 0.3) is 0 Å². The van der Waals surface area contributed by atoms with Gasteiger partial charge in [-0.2, -0.15) is 8.78 Å². The summed E-state index contributed by atoms with van der Waals surface area (Å²) in [7, 11) is 1.38. The molecular formula is C18H18F2N4O4S. The van der Waals surface area contributed by atoms with E-state index in [9.17, 15) is 13.6 Å². The highest BCUT2D eigenvalue weighted by molar-refractivity contribution is 7.98. The van der Waals surface area contributed by atoms with Crippen LogP contribution in [0.1, 0.15) is 12.0 Å². The number of carbonyl (C=O) groups excluding carboxylic acids is 1. The number of carbonyl (C=O) groups is 1. The monoisotopic (exact) mass is 424 g/mol. The van der Waals surface area contributed by atoms with E-state index in [2.05, 4.69) is 14.9 Å². The summed E-state index contributed by atoms with van der Waals surface area (Å²) >= 11 is 1.36. The lowest BCUT2D eigenvalue weighted by molar-refractivity contribution is -0.118. The third-order valence-corrected chi connectivity index (χ3v) is 4.89. The lowest BCUT2D eigenvalue weighted by Crippen LogP contribution is -2.15. The molecule has 0 atom stereocenters. The first-order valence-electron chi connectivity index (χ1n) is 8.48. The number of thioether (sulfide) groups is 1. The van der Waals surface area contributed by atoms with Crippen LogP contribution in [-0.4, -0.2) is 34.4 Å². The summed E-state index contributed by atoms with van der Waals surface area (Å²) in [6.07, 6.45) is 1.64. The summed E-state index contributed by atoms with van der Waals surface area (Å²) in [5, 5.41) is 8.88. The van der Waals surface area contributed by atoms with Crippen molar-refractivity contribution in [3.8, 4) is 23.1 Å². The number of hydrogen-bond donors (Lipinski definition) is 1. The number of hydrogen-bond acceptors (Lipinski definition) is 7. The van der Waals surface area contributed by atoms with Crippen LogP contribution >= 0.6 is 11.8 Å². The van der Waals surface area contributed by atoms with Crippen molar-refractivity contribution in [2.75, 3.05) is 7.11 Å². The summed E-state index contributed by atoms with van der Waals surface area (Å²) in [6.45, 7) is -2.64. The number of amides is 1. The Kier molecular flexibility index (Phi) is 6.70. The third-order valence-electron chi connectivity index (χ3n) is 3.85. The molecule has 0 saturated carbocycles. The van der Waals surface area contributed by atoms with Crippen LogP contribution in [0, 0.1) is 0 Å². The molecule has 3 aromatic rings. The van der Waals surface area contributed by atoms with Crippen molar-refractivity contribution < 1.29 is 27.5 Å². The molecular weight excluding hydrogens is 406 g/mol. The second kappa shape index (κ2) is 9.41. The Morgan fingerprint density at radius 2 is 2.14 bits per heavy atom. The maximum absolute atomic E-state index is 12.5. The molecule has 3 rings (SSSR count). The minimum atomic E-state index is -2.94. The molecule has 0 aliphatic rings. The molecule has 8 nitrogen and oxygen atoms in total. The SMILES string of the molecule is COc1cc(CSc2nnc(-c3ccco3)n2CCC(N)=O)ccc1OC(F)F. The molecule has 2 aromatic heterocycles. The Labute approximate surface area is 169 Å². The fraction of sp³-hybridized carbons (Fsp3) is 0.278. The molecule has 2 heterocycles. The highest BCUT2D eigenvalue weighted by Crippen LogP contribution is 2.32. The number of nitrogens with zero attached hydrogens (tertiary/aromatic N) is 3. The average Bonchev–Trinajstić information content (AvgIpc) is 3.34. The van der Waals surface area contributed by atoms with Crippen molar-refractivity contribution in [3.63, 3.8) is 0 Å². The summed E-state index contributed by atoms with van der Waals surface area (Å²) in [6, 6.07) is 8.16. The summed E-state index contributed by atoms with van der Waals surface area (Å²) in [4.78, 5) is 11.2. The molecule has 0 bridgehead atoms. The van der Waals surface area contributed by atoms with Crippen molar-refractivity contribution >= 4 is 17.7 Å². The van der Waals surface area contributed by atoms with Crippen LogP contribution in [0.15, 0.2) is 46.2 Å². The van der Waals surface area contributed by atoms with E-state index in [4.69, 9.17) is 14.9 Å². The van der Waals surface area contributed by atoms with E-state index in [0.717, 1.165) is 5.56 Å². The summed E-state index contributed by atoms with van der Waals surface area (Å²) < 4.78 is 41.6. The van der Waals surface area contributed by atoms with E-state index in [1.165, 1.54) is 31.2 Å². The molecule has 154 valence electrons. The first kappa shape index (κ1) is 20.6. The second-order valence-corrected chi connectivity index (χ2v) is 6.75. The Morgan fingerprint density at radius 3 is 2.79 bits per heavy atom. The van der Waals surface area contributed by atoms with Gasteiger partial charge in [-0.3, -0.25) is 9.36 Å². The molecule has 29 heavy (non-hydrogen) atoms. The van der Waals surface area contributed by atoms with Gasteiger partial charge in [-0.1, -0.05) is 17.8 Å². The van der Waals surface area contributed by atoms with E-state index in [1.54, 1.807) is 28.8 Å². The van der Waals surface area contributed by atoms with Crippen LogP contribution in [0.5, 0.6) is 11.5 Å². The maximum Gasteiger partial charge on any atom is 0.387 e. The molecule has 11 heteroatoms. The summed E-state index contributed by atoms with van der Waals surface area (Å²) in [5.41, 5.74) is 6.07. The van der Waals surface area contributed by atoms with Gasteiger partial charge < -0.3 is 19.6 Å². The standard InChI is InChI=1S/C18H18F2N4O4S/c1-26-14-9-11(4-5-12(14)28-17(19)20)10-29-18-23-22-16(13-3-2-8-27-13)24(18)7-6-15(21)25/h2-5,8-9,17H,6-7,10H2,1H3,(H2,21,25). The van der Waals surface area contributed by atoms with E-state index in [0.29, 0.717) is 29.0 Å². The molecule has 0 radical (unpaired) electrons. The van der Waals surface area contributed by atoms with Crippen molar-refractivity contribution in [1.82, 2.24) is 14.8 Å². The molecule has 2 N–H and O–H groups in total. The van der Waals surface area contributed by atoms with Gasteiger partial charge >= 0.3 is 6.61 Å². The van der Waals surface area contributed by atoms with Gasteiger partial charge in [-0.25, -0.2) is 0 Å². The fourth-order valence-electron chi connectivity index (χ4n) is 2.55. The normalized spacial score (nSPS) is 11.0. The van der Waals surface area contributed by atoms with E-state index in [1.807, 2.05) is 0 Å². The Balaban J connectivity index is 1.78. The van der Waals surface area contributed by atoms with Crippen LogP contribution < -0.4 is 15.2 Å². The average molecular weight is 424 g/mol. The van der Waals surface area contributed by atoms with Gasteiger partial charge in [0.15, 0.2) is 28.2 Å². The number of ether oxygens (including phenoxy) is 2. The lowest BCUT2D eigenvalue weighted by Gasteiger charge is -2.11. The number of halogens is 2. The van der Waals surface area contributed by atoms with Crippen LogP contribution in [-0.2, 0) is 17.1 Å². The van der Waals surface area contributed by atoms with Crippen molar-refractivity contribution in [2.45, 2.75) is 30.5 Å². The largest absolute Gasteiger partial charge is 0.493 e. The number of furan rings is 1. The Bertz CT molecular complexity index is 963. The molecule has 0 aliphatic heterocycles. The molecule has 0 unspecified atom stereocenters. The van der Waals surface area contributed by atoms with E-state index < -0.39 is 12.5 Å². The number of alkyl halides is 2. The van der Waals surface area contributed by atoms with Gasteiger partial charge in [0.2, 0.25) is 5.91 Å². The van der Waals surface area contributed by atoms with Gasteiger partial charge in [0.05, 0.1) is 13.4 Å². The number of methoxy groups -OCH3 is 1. The summed E-state index contributed by atoms with van der Waals surface area (Å²) in [5.74, 6) is 1.18. The van der Waals surface area contributed by atoms with Crippen molar-refractivity contribution in [1.29, 1.82) is 0 Å². The van der Waals surface area contributed by atoms with Crippen molar-refractivity contribution in [2.24, 2.45) is 5.73 Å². The quantitative estimate of drug-likeness (QED) is 0.498. The first-order valence-corrected chi connectivity index (χ1v) is 9.46. The number of primary amides is 1. The zero-order valence-electron chi connectivity index (χ0n) is 15.4. The van der Waals surface area contributed by atoms with Crippen LogP contribution in [0.2, 0.25) is 0 Å². The minimum Gasteiger partial charge on any atom is -0.493 e. The highest BCUT2D eigenvalue weighted by atomic mass is 32.2. The van der Waals surface area contributed by atoms with Gasteiger partial charge in [-0.05, 0) is 29.8 Å². The molecule has 0 saturated heterocycles. The zero-order valence-corrected chi connectivity index (χ0v) is 16.2. The predicted molar refractivity (Wildman–Crippen MR) is 101 cm³/mol. The van der Waals surface area contributed by atoms with Crippen LogP contribution in [0.3, 0.4) is 0 Å². The maximum atomic E-state index is 12.5. The van der Waals surface area contributed by atoms with E-state index >= 15 is 0 Å².